The van der Waals surface area contributed by atoms with Crippen LogP contribution in [0.2, 0.25) is 0 Å². The Morgan fingerprint density at radius 2 is 1.55 bits per heavy atom. The summed E-state index contributed by atoms with van der Waals surface area (Å²) in [7, 11) is 8.43. The van der Waals surface area contributed by atoms with Crippen LogP contribution in [0.1, 0.15) is 88.5 Å². The minimum Gasteiger partial charge on any atom is -0.465 e. The SMILES string of the molecule is CC(C)OCC(C)(COC(=O)C(C)(C)OCCCOC(=O)OCCCCc1ccc2c3c1C=CC1=CC=CC(=CC2)C13)C(=O)OCCC[N+](C)(C)CCN(C)C. The molecule has 0 amide bonds. The van der Waals surface area contributed by atoms with Gasteiger partial charge >= 0.3 is 18.1 Å². The molecule has 0 N–H and O–H groups in total. The van der Waals surface area contributed by atoms with Crippen molar-refractivity contribution in [3.63, 3.8) is 0 Å². The molecule has 0 saturated heterocycles. The molecule has 0 radical (unpaired) electrons. The summed E-state index contributed by atoms with van der Waals surface area (Å²) in [5.74, 6) is -0.749. The number of carbonyl (C=O) groups is 3. The number of unbranched alkanes of at least 4 members (excludes halogenated alkanes) is 1. The molecule has 3 aliphatic carbocycles. The number of rotatable bonds is 24. The van der Waals surface area contributed by atoms with E-state index in [0.717, 1.165) is 49.8 Å². The predicted molar refractivity (Wildman–Crippen MR) is 218 cm³/mol. The van der Waals surface area contributed by atoms with E-state index in [0.29, 0.717) is 18.8 Å². The van der Waals surface area contributed by atoms with Crippen LogP contribution in [0.25, 0.3) is 6.08 Å². The first-order chi connectivity index (χ1) is 26.5. The molecular formula is C45H67N2O9+. The normalized spacial score (nSPS) is 16.9. The van der Waals surface area contributed by atoms with Gasteiger partial charge in [-0.1, -0.05) is 48.6 Å². The van der Waals surface area contributed by atoms with E-state index in [9.17, 15) is 14.4 Å². The Morgan fingerprint density at radius 3 is 2.29 bits per heavy atom. The Hall–Kier alpha value is -3.77. The second-order valence-electron chi connectivity index (χ2n) is 17.2. The number of allylic oxidation sites excluding steroid dienone is 7. The van der Waals surface area contributed by atoms with Gasteiger partial charge in [-0.25, -0.2) is 9.59 Å². The molecule has 310 valence electrons. The van der Waals surface area contributed by atoms with Crippen molar-refractivity contribution in [1.29, 1.82) is 0 Å². The minimum absolute atomic E-state index is 0.0407. The van der Waals surface area contributed by atoms with Gasteiger partial charge in [-0.3, -0.25) is 4.79 Å². The van der Waals surface area contributed by atoms with E-state index in [-0.39, 0.29) is 45.7 Å². The summed E-state index contributed by atoms with van der Waals surface area (Å²) in [6.07, 6.45) is 17.2. The third-order valence-corrected chi connectivity index (χ3v) is 10.6. The smallest absolute Gasteiger partial charge is 0.465 e. The van der Waals surface area contributed by atoms with E-state index in [1.807, 2.05) is 13.8 Å². The number of benzene rings is 1. The van der Waals surface area contributed by atoms with Gasteiger partial charge < -0.3 is 37.8 Å². The van der Waals surface area contributed by atoms with E-state index in [2.05, 4.69) is 81.7 Å². The molecule has 0 heterocycles. The van der Waals surface area contributed by atoms with Crippen LogP contribution < -0.4 is 0 Å². The molecule has 0 bridgehead atoms. The molecule has 2 atom stereocenters. The number of carbonyl (C=O) groups excluding carboxylic acids is 3. The van der Waals surface area contributed by atoms with Crippen molar-refractivity contribution < 1.29 is 47.3 Å². The fourth-order valence-electron chi connectivity index (χ4n) is 6.93. The molecule has 3 aliphatic rings. The predicted octanol–water partition coefficient (Wildman–Crippen LogP) is 6.98. The maximum absolute atomic E-state index is 13.2. The van der Waals surface area contributed by atoms with Crippen LogP contribution in [-0.4, -0.2) is 127 Å². The van der Waals surface area contributed by atoms with E-state index < -0.39 is 29.1 Å². The quantitative estimate of drug-likeness (QED) is 0.0472. The number of quaternary nitrogens is 1. The van der Waals surface area contributed by atoms with Crippen molar-refractivity contribution in [2.75, 3.05) is 87.5 Å². The highest BCUT2D eigenvalue weighted by molar-refractivity contribution is 5.80. The van der Waals surface area contributed by atoms with Crippen LogP contribution in [-0.2, 0) is 50.9 Å². The Labute approximate surface area is 335 Å². The van der Waals surface area contributed by atoms with Gasteiger partial charge in [0.1, 0.15) is 12.0 Å². The Balaban J connectivity index is 1.11. The molecule has 0 saturated carbocycles. The average molecular weight is 780 g/mol. The number of aryl methyl sites for hydroxylation is 1. The lowest BCUT2D eigenvalue weighted by molar-refractivity contribution is -0.890. The van der Waals surface area contributed by atoms with Gasteiger partial charge in [-0.05, 0) is 108 Å². The summed E-state index contributed by atoms with van der Waals surface area (Å²) in [6.45, 7) is 12.1. The first kappa shape index (κ1) is 44.9. The lowest BCUT2D eigenvalue weighted by Gasteiger charge is -2.34. The maximum atomic E-state index is 13.2. The Morgan fingerprint density at radius 1 is 0.821 bits per heavy atom. The van der Waals surface area contributed by atoms with Gasteiger partial charge in [0, 0.05) is 25.3 Å². The second-order valence-corrected chi connectivity index (χ2v) is 17.2. The lowest BCUT2D eigenvalue weighted by Crippen LogP contribution is -2.46. The zero-order chi connectivity index (χ0) is 40.9. The summed E-state index contributed by atoms with van der Waals surface area (Å²) < 4.78 is 34.2. The zero-order valence-electron chi connectivity index (χ0n) is 35.4. The number of ether oxygens (including phenoxy) is 6. The monoisotopic (exact) mass is 779 g/mol. The number of likely N-dealkylation sites (N-methyl/N-ethyl adjacent to an activating group) is 2. The first-order valence-corrected chi connectivity index (χ1v) is 20.3. The number of hydrogen-bond acceptors (Lipinski definition) is 10. The summed E-state index contributed by atoms with van der Waals surface area (Å²) in [6, 6.07) is 4.52. The Bertz CT molecular complexity index is 1640. The van der Waals surface area contributed by atoms with Crippen molar-refractivity contribution in [3.8, 4) is 0 Å². The van der Waals surface area contributed by atoms with Gasteiger partial charge in [0.2, 0.25) is 0 Å². The van der Waals surface area contributed by atoms with E-state index in [4.69, 9.17) is 28.4 Å². The fraction of sp³-hybridized carbons (Fsp3) is 0.622. The molecule has 4 rings (SSSR count). The van der Waals surface area contributed by atoms with Crippen LogP contribution in [0, 0.1) is 5.41 Å². The van der Waals surface area contributed by atoms with Gasteiger partial charge in [-0.15, -0.1) is 0 Å². The molecule has 1 aromatic rings. The number of nitrogens with zero attached hydrogens (tertiary/aromatic N) is 2. The number of esters is 2. The third-order valence-electron chi connectivity index (χ3n) is 10.6. The molecule has 0 spiro atoms. The summed E-state index contributed by atoms with van der Waals surface area (Å²) >= 11 is 0. The van der Waals surface area contributed by atoms with Crippen LogP contribution in [0.4, 0.5) is 4.79 Å². The highest BCUT2D eigenvalue weighted by Gasteiger charge is 2.40. The summed E-state index contributed by atoms with van der Waals surface area (Å²) in [5.41, 5.74) is 5.79. The standard InChI is InChI=1S/C45H67N2O9/c1-33(2)54-31-45(5,42(49)51-28-13-25-47(8,9)26-24-46(6)7)32-55-41(48)44(3,4)56-30-14-29-53-43(50)52-27-11-10-15-34-18-19-37-21-20-35-16-12-17-36-22-23-38(34)40(37)39(35)36/h12,16-20,22-23,33,39H,10-11,13-15,21,24-32H2,1-9H3/q+1. The third kappa shape index (κ3) is 13.1. The number of hydrogen-bond donors (Lipinski definition) is 0. The summed E-state index contributed by atoms with van der Waals surface area (Å²) in [4.78, 5) is 40.7. The lowest BCUT2D eigenvalue weighted by atomic mass is 9.70. The topological polar surface area (TPSA) is 110 Å². The molecule has 11 heteroatoms. The van der Waals surface area contributed by atoms with Crippen LogP contribution >= 0.6 is 0 Å². The average Bonchev–Trinajstić information content (AvgIpc) is 3.16. The summed E-state index contributed by atoms with van der Waals surface area (Å²) in [5, 5.41) is 0. The van der Waals surface area contributed by atoms with Gasteiger partial charge in [-0.2, -0.15) is 0 Å². The van der Waals surface area contributed by atoms with Gasteiger partial charge in [0.15, 0.2) is 5.60 Å². The van der Waals surface area contributed by atoms with Crippen molar-refractivity contribution in [2.45, 2.75) is 90.8 Å². The second kappa shape index (κ2) is 20.6. The Kier molecular flexibility index (Phi) is 16.5. The van der Waals surface area contributed by atoms with E-state index >= 15 is 0 Å². The van der Waals surface area contributed by atoms with Crippen molar-refractivity contribution in [2.24, 2.45) is 5.41 Å². The molecule has 0 aliphatic heterocycles. The highest BCUT2D eigenvalue weighted by Crippen LogP contribution is 2.46. The van der Waals surface area contributed by atoms with Crippen molar-refractivity contribution >= 4 is 24.2 Å². The molecule has 0 aromatic heterocycles. The van der Waals surface area contributed by atoms with E-state index in [1.54, 1.807) is 20.8 Å². The zero-order valence-corrected chi connectivity index (χ0v) is 35.4. The van der Waals surface area contributed by atoms with Crippen LogP contribution in [0.3, 0.4) is 0 Å². The van der Waals surface area contributed by atoms with Gasteiger partial charge in [0.25, 0.3) is 0 Å². The van der Waals surface area contributed by atoms with Crippen molar-refractivity contribution in [1.82, 2.24) is 4.90 Å². The minimum atomic E-state index is -1.29. The fourth-order valence-corrected chi connectivity index (χ4v) is 6.93. The van der Waals surface area contributed by atoms with Crippen LogP contribution in [0.15, 0.2) is 53.7 Å². The maximum Gasteiger partial charge on any atom is 0.508 e. The molecule has 0 fully saturated rings. The highest BCUT2D eigenvalue weighted by atomic mass is 16.7. The molecular weight excluding hydrogens is 712 g/mol. The first-order valence-electron chi connectivity index (χ1n) is 20.3. The molecule has 11 nitrogen and oxygen atoms in total. The molecule has 2 unspecified atom stereocenters. The van der Waals surface area contributed by atoms with Crippen molar-refractivity contribution in [3.05, 3.63) is 75.9 Å². The van der Waals surface area contributed by atoms with Gasteiger partial charge in [0.05, 0.1) is 66.3 Å². The largest absolute Gasteiger partial charge is 0.508 e. The molecule has 1 aromatic carbocycles. The molecule has 56 heavy (non-hydrogen) atoms. The van der Waals surface area contributed by atoms with Crippen LogP contribution in [0.5, 0.6) is 0 Å². The van der Waals surface area contributed by atoms with E-state index in [1.165, 1.54) is 33.4 Å².